The van der Waals surface area contributed by atoms with E-state index in [2.05, 4.69) is 40.5 Å². The van der Waals surface area contributed by atoms with Crippen molar-refractivity contribution >= 4 is 22.7 Å². The summed E-state index contributed by atoms with van der Waals surface area (Å²) in [4.78, 5) is 7.43. The first-order valence-electron chi connectivity index (χ1n) is 8.19. The topological polar surface area (TPSA) is 28.3 Å². The Morgan fingerprint density at radius 1 is 1.41 bits per heavy atom. The van der Waals surface area contributed by atoms with Gasteiger partial charge in [0.25, 0.3) is 0 Å². The van der Waals surface area contributed by atoms with Gasteiger partial charge in [-0.2, -0.15) is 0 Å². The van der Waals surface area contributed by atoms with Gasteiger partial charge in [0.2, 0.25) is 0 Å². The third kappa shape index (κ3) is 3.50. The van der Waals surface area contributed by atoms with Crippen molar-refractivity contribution in [1.29, 1.82) is 0 Å². The predicted octanol–water partition coefficient (Wildman–Crippen LogP) is 3.93. The Kier molecular flexibility index (Phi) is 5.45. The van der Waals surface area contributed by atoms with Gasteiger partial charge in [0.05, 0.1) is 0 Å². The maximum Gasteiger partial charge on any atom is 0.0474 e. The fourth-order valence-electron chi connectivity index (χ4n) is 3.54. The highest BCUT2D eigenvalue weighted by atomic mass is 32.2. The van der Waals surface area contributed by atoms with Crippen LogP contribution in [0, 0.1) is 0 Å². The van der Waals surface area contributed by atoms with E-state index in [9.17, 15) is 0 Å². The Labute approximate surface area is 137 Å². The monoisotopic (exact) mass is 318 g/mol. The van der Waals surface area contributed by atoms with E-state index >= 15 is 0 Å². The molecule has 1 aliphatic rings. The molecule has 1 N–H and O–H groups in total. The number of hydrogen-bond acceptors (Lipinski definition) is 3. The lowest BCUT2D eigenvalue weighted by atomic mass is 10.0. The summed E-state index contributed by atoms with van der Waals surface area (Å²) in [5.74, 6) is 0. The molecule has 0 unspecified atom stereocenters. The molecule has 3 rings (SSSR count). The highest BCUT2D eigenvalue weighted by molar-refractivity contribution is 7.98. The second-order valence-corrected chi connectivity index (χ2v) is 6.99. The minimum Gasteiger partial charge on any atom is -0.385 e. The first kappa shape index (κ1) is 15.9. The van der Waals surface area contributed by atoms with Crippen LogP contribution in [-0.4, -0.2) is 49.0 Å². The number of fused-ring (bicyclic) bond motifs is 1. The molecule has 1 aromatic heterocycles. The quantitative estimate of drug-likeness (QED) is 0.619. The predicted molar refractivity (Wildman–Crippen MR) is 94.9 cm³/mol. The maximum absolute atomic E-state index is 5.19. The van der Waals surface area contributed by atoms with Gasteiger partial charge in [-0.1, -0.05) is 0 Å². The number of hydrogen-bond donors (Lipinski definition) is 1. The molecule has 1 aliphatic heterocycles. The van der Waals surface area contributed by atoms with E-state index < -0.39 is 0 Å². The second-order valence-electron chi connectivity index (χ2n) is 6.11. The van der Waals surface area contributed by atoms with Crippen LogP contribution in [0.3, 0.4) is 0 Å². The Balaban J connectivity index is 1.71. The van der Waals surface area contributed by atoms with Crippen molar-refractivity contribution in [2.45, 2.75) is 36.6 Å². The Hall–Kier alpha value is -0.970. The zero-order chi connectivity index (χ0) is 15.4. The first-order chi connectivity index (χ1) is 10.8. The number of ether oxygens (including phenoxy) is 1. The minimum absolute atomic E-state index is 0.689. The number of nitrogens with zero attached hydrogens (tertiary/aromatic N) is 1. The molecule has 1 saturated heterocycles. The lowest BCUT2D eigenvalue weighted by Crippen LogP contribution is -2.32. The molecule has 0 radical (unpaired) electrons. The summed E-state index contributed by atoms with van der Waals surface area (Å²) in [6.45, 7) is 3.27. The van der Waals surface area contributed by atoms with E-state index in [1.807, 2.05) is 11.8 Å². The molecule has 3 nitrogen and oxygen atoms in total. The van der Waals surface area contributed by atoms with Gasteiger partial charge in [0.1, 0.15) is 0 Å². The second kappa shape index (κ2) is 7.53. The summed E-state index contributed by atoms with van der Waals surface area (Å²) in [6, 6.07) is 7.42. The summed E-state index contributed by atoms with van der Waals surface area (Å²) < 4.78 is 5.19. The van der Waals surface area contributed by atoms with Crippen LogP contribution in [0.1, 0.15) is 24.8 Å². The maximum atomic E-state index is 5.19. The Morgan fingerprint density at radius 3 is 3.14 bits per heavy atom. The van der Waals surface area contributed by atoms with Gasteiger partial charge in [0, 0.05) is 48.3 Å². The normalized spacial score (nSPS) is 19.3. The number of aromatic nitrogens is 1. The molecule has 120 valence electrons. The summed E-state index contributed by atoms with van der Waals surface area (Å²) >= 11 is 1.81. The van der Waals surface area contributed by atoms with Crippen molar-refractivity contribution in [2.75, 3.05) is 33.1 Å². The molecule has 1 atom stereocenters. The summed E-state index contributed by atoms with van der Waals surface area (Å²) in [5.41, 5.74) is 2.73. The fraction of sp³-hybridized carbons (Fsp3) is 0.556. The molecule has 1 aromatic carbocycles. The number of methoxy groups -OCH3 is 1. The van der Waals surface area contributed by atoms with Crippen molar-refractivity contribution in [2.24, 2.45) is 0 Å². The SMILES string of the molecule is COCCCN1CCC[C@@H]1Cc1c[nH]c2ccc(SC)cc12. The third-order valence-corrected chi connectivity index (χ3v) is 5.45. The molecule has 2 heterocycles. The number of H-pyrrole nitrogens is 1. The molecule has 4 heteroatoms. The lowest BCUT2D eigenvalue weighted by molar-refractivity contribution is 0.167. The summed E-state index contributed by atoms with van der Waals surface area (Å²) in [6.07, 6.45) is 9.29. The van der Waals surface area contributed by atoms with Crippen molar-refractivity contribution in [3.05, 3.63) is 30.0 Å². The molecular formula is C18H26N2OS. The number of likely N-dealkylation sites (tertiary alicyclic amines) is 1. The molecule has 0 bridgehead atoms. The van der Waals surface area contributed by atoms with Crippen molar-refractivity contribution in [1.82, 2.24) is 9.88 Å². The van der Waals surface area contributed by atoms with Gasteiger partial charge >= 0.3 is 0 Å². The Bertz CT molecular complexity index is 610. The van der Waals surface area contributed by atoms with Crippen LogP contribution in [-0.2, 0) is 11.2 Å². The van der Waals surface area contributed by atoms with E-state index in [4.69, 9.17) is 4.74 Å². The minimum atomic E-state index is 0.689. The van der Waals surface area contributed by atoms with Crippen molar-refractivity contribution in [3.8, 4) is 0 Å². The standard InChI is InChI=1S/C18H26N2OS/c1-21-10-4-9-20-8-3-5-15(20)11-14-13-19-18-7-6-16(22-2)12-17(14)18/h6-7,12-13,15,19H,3-5,8-11H2,1-2H3/t15-/m1/s1. The van der Waals surface area contributed by atoms with Crippen LogP contribution in [0.15, 0.2) is 29.3 Å². The van der Waals surface area contributed by atoms with Gasteiger partial charge in [-0.15, -0.1) is 11.8 Å². The van der Waals surface area contributed by atoms with Crippen LogP contribution in [0.2, 0.25) is 0 Å². The largest absolute Gasteiger partial charge is 0.385 e. The number of benzene rings is 1. The smallest absolute Gasteiger partial charge is 0.0474 e. The van der Waals surface area contributed by atoms with Gasteiger partial charge in [-0.05, 0) is 62.2 Å². The number of thioether (sulfide) groups is 1. The molecule has 1 fully saturated rings. The zero-order valence-corrected chi connectivity index (χ0v) is 14.4. The zero-order valence-electron chi connectivity index (χ0n) is 13.6. The fourth-order valence-corrected chi connectivity index (χ4v) is 3.98. The van der Waals surface area contributed by atoms with E-state index in [0.717, 1.165) is 26.0 Å². The van der Waals surface area contributed by atoms with E-state index in [1.54, 1.807) is 7.11 Å². The first-order valence-corrected chi connectivity index (χ1v) is 9.41. The van der Waals surface area contributed by atoms with Crippen LogP contribution in [0.5, 0.6) is 0 Å². The van der Waals surface area contributed by atoms with Crippen LogP contribution < -0.4 is 0 Å². The Morgan fingerprint density at radius 2 is 2.32 bits per heavy atom. The highest BCUT2D eigenvalue weighted by Gasteiger charge is 2.24. The van der Waals surface area contributed by atoms with Gasteiger partial charge < -0.3 is 9.72 Å². The van der Waals surface area contributed by atoms with Crippen LogP contribution in [0.25, 0.3) is 10.9 Å². The van der Waals surface area contributed by atoms with E-state index in [1.165, 1.54) is 40.7 Å². The molecule has 0 aliphatic carbocycles. The van der Waals surface area contributed by atoms with Gasteiger partial charge in [-0.3, -0.25) is 4.90 Å². The summed E-state index contributed by atoms with van der Waals surface area (Å²) in [5, 5.41) is 1.40. The number of rotatable bonds is 7. The van der Waals surface area contributed by atoms with Gasteiger partial charge in [-0.25, -0.2) is 0 Å². The van der Waals surface area contributed by atoms with Gasteiger partial charge in [0.15, 0.2) is 0 Å². The van der Waals surface area contributed by atoms with Crippen molar-refractivity contribution < 1.29 is 4.74 Å². The van der Waals surface area contributed by atoms with Crippen LogP contribution in [0.4, 0.5) is 0 Å². The molecule has 0 spiro atoms. The molecule has 2 aromatic rings. The van der Waals surface area contributed by atoms with Crippen LogP contribution >= 0.6 is 11.8 Å². The van der Waals surface area contributed by atoms with Crippen molar-refractivity contribution in [3.63, 3.8) is 0 Å². The third-order valence-electron chi connectivity index (χ3n) is 4.72. The molecule has 0 amide bonds. The number of nitrogens with one attached hydrogen (secondary N) is 1. The average Bonchev–Trinajstić information content (AvgIpc) is 3.15. The van der Waals surface area contributed by atoms with E-state index in [-0.39, 0.29) is 0 Å². The molecular weight excluding hydrogens is 292 g/mol. The highest BCUT2D eigenvalue weighted by Crippen LogP contribution is 2.28. The van der Waals surface area contributed by atoms with E-state index in [0.29, 0.717) is 6.04 Å². The average molecular weight is 318 g/mol. The lowest BCUT2D eigenvalue weighted by Gasteiger charge is -2.24. The summed E-state index contributed by atoms with van der Waals surface area (Å²) in [7, 11) is 1.79. The number of aromatic amines is 1. The molecule has 22 heavy (non-hydrogen) atoms. The molecule has 0 saturated carbocycles.